The van der Waals surface area contributed by atoms with Gasteiger partial charge in [-0.25, -0.2) is 9.37 Å². The number of oxime groups is 1. The van der Waals surface area contributed by atoms with Crippen molar-refractivity contribution in [3.8, 4) is 5.75 Å². The van der Waals surface area contributed by atoms with E-state index >= 15 is 0 Å². The van der Waals surface area contributed by atoms with Crippen LogP contribution in [0.5, 0.6) is 5.75 Å². The lowest BCUT2D eigenvalue weighted by Crippen LogP contribution is -2.13. The van der Waals surface area contributed by atoms with Gasteiger partial charge in [0.1, 0.15) is 18.2 Å². The Balaban J connectivity index is 1.43. The molecule has 31 heavy (non-hydrogen) atoms. The molecule has 1 fully saturated rings. The molecule has 3 heterocycles. The van der Waals surface area contributed by atoms with Crippen LogP contribution in [0.1, 0.15) is 41.1 Å². The fraction of sp³-hybridized carbons (Fsp3) is 0.286. The van der Waals surface area contributed by atoms with Crippen LogP contribution in [0.2, 0.25) is 0 Å². The van der Waals surface area contributed by atoms with E-state index in [1.165, 1.54) is 18.7 Å². The SMILES string of the molecule is Cc1nc2ccc(OC(c3cc(/C=N/OCC4CC4)c(F)cn3)c3nnco3)cc2s1. The van der Waals surface area contributed by atoms with Crippen LogP contribution in [0, 0.1) is 18.7 Å². The summed E-state index contributed by atoms with van der Waals surface area (Å²) >= 11 is 1.57. The standard InChI is InChI=1S/C21H18FN5O3S/c1-12-26-17-5-4-15(7-19(17)31-12)30-20(21-27-24-11-28-21)18-6-14(16(22)9-23-18)8-25-29-10-13-2-3-13/h4-9,11,13,20H,2-3,10H2,1H3/b25-8+. The third-order valence-electron chi connectivity index (χ3n) is 4.77. The van der Waals surface area contributed by atoms with Gasteiger partial charge in [-0.05, 0) is 49.9 Å². The Labute approximate surface area is 180 Å². The van der Waals surface area contributed by atoms with Gasteiger partial charge in [0.2, 0.25) is 12.5 Å². The fourth-order valence-corrected chi connectivity index (χ4v) is 3.86. The van der Waals surface area contributed by atoms with Crippen molar-refractivity contribution in [2.24, 2.45) is 11.1 Å². The third kappa shape index (κ3) is 4.53. The number of fused-ring (bicyclic) bond motifs is 1. The molecule has 10 heteroatoms. The van der Waals surface area contributed by atoms with Crippen LogP contribution in [-0.2, 0) is 4.84 Å². The number of hydrogen-bond donors (Lipinski definition) is 0. The Morgan fingerprint density at radius 3 is 3.06 bits per heavy atom. The zero-order chi connectivity index (χ0) is 21.2. The number of benzene rings is 1. The summed E-state index contributed by atoms with van der Waals surface area (Å²) in [5, 5.41) is 12.5. The van der Waals surface area contributed by atoms with Crippen molar-refractivity contribution in [1.82, 2.24) is 20.2 Å². The van der Waals surface area contributed by atoms with Crippen LogP contribution in [0.25, 0.3) is 10.2 Å². The summed E-state index contributed by atoms with van der Waals surface area (Å²) in [6, 6.07) is 7.11. The first-order valence-corrected chi connectivity index (χ1v) is 10.6. The summed E-state index contributed by atoms with van der Waals surface area (Å²) in [7, 11) is 0. The maximum atomic E-state index is 14.3. The Morgan fingerprint density at radius 1 is 1.35 bits per heavy atom. The van der Waals surface area contributed by atoms with Gasteiger partial charge in [0.15, 0.2) is 0 Å². The second kappa shape index (κ2) is 8.38. The molecule has 1 aliphatic rings. The summed E-state index contributed by atoms with van der Waals surface area (Å²) in [6.45, 7) is 2.50. The van der Waals surface area contributed by atoms with E-state index in [9.17, 15) is 4.39 Å². The minimum atomic E-state index is -0.825. The van der Waals surface area contributed by atoms with Crippen molar-refractivity contribution in [2.45, 2.75) is 25.9 Å². The lowest BCUT2D eigenvalue weighted by atomic mass is 10.1. The number of thiazole rings is 1. The summed E-state index contributed by atoms with van der Waals surface area (Å²) in [5.74, 6) is 0.819. The Morgan fingerprint density at radius 2 is 2.26 bits per heavy atom. The lowest BCUT2D eigenvalue weighted by molar-refractivity contribution is 0.135. The monoisotopic (exact) mass is 439 g/mol. The highest BCUT2D eigenvalue weighted by atomic mass is 32.1. The molecule has 0 saturated heterocycles. The van der Waals surface area contributed by atoms with Crippen LogP contribution in [0.3, 0.4) is 0 Å². The molecule has 0 bridgehead atoms. The number of ether oxygens (including phenoxy) is 1. The van der Waals surface area contributed by atoms with Crippen molar-refractivity contribution < 1.29 is 18.4 Å². The molecule has 158 valence electrons. The first kappa shape index (κ1) is 19.6. The van der Waals surface area contributed by atoms with Crippen molar-refractivity contribution >= 4 is 27.8 Å². The van der Waals surface area contributed by atoms with E-state index in [0.29, 0.717) is 24.0 Å². The fourth-order valence-electron chi connectivity index (χ4n) is 3.00. The number of aromatic nitrogens is 4. The largest absolute Gasteiger partial charge is 0.474 e. The second-order valence-electron chi connectivity index (χ2n) is 7.24. The molecule has 1 saturated carbocycles. The number of hydrogen-bond acceptors (Lipinski definition) is 9. The topological polar surface area (TPSA) is 95.5 Å². The van der Waals surface area contributed by atoms with Crippen molar-refractivity contribution in [1.29, 1.82) is 0 Å². The molecule has 4 aromatic rings. The number of rotatable bonds is 8. The molecule has 0 N–H and O–H groups in total. The van der Waals surface area contributed by atoms with E-state index in [4.69, 9.17) is 14.0 Å². The van der Waals surface area contributed by atoms with Crippen LogP contribution < -0.4 is 4.74 Å². The number of halogens is 1. The Kier molecular flexibility index (Phi) is 5.29. The van der Waals surface area contributed by atoms with Crippen LogP contribution >= 0.6 is 11.3 Å². The van der Waals surface area contributed by atoms with Gasteiger partial charge in [0.05, 0.1) is 33.3 Å². The average molecular weight is 439 g/mol. The van der Waals surface area contributed by atoms with Crippen LogP contribution in [-0.4, -0.2) is 33.0 Å². The van der Waals surface area contributed by atoms with Gasteiger partial charge >= 0.3 is 0 Å². The highest BCUT2D eigenvalue weighted by Gasteiger charge is 2.25. The van der Waals surface area contributed by atoms with Gasteiger partial charge in [-0.3, -0.25) is 4.98 Å². The highest BCUT2D eigenvalue weighted by Crippen LogP contribution is 2.31. The maximum absolute atomic E-state index is 14.3. The second-order valence-corrected chi connectivity index (χ2v) is 8.48. The van der Waals surface area contributed by atoms with E-state index < -0.39 is 11.9 Å². The predicted molar refractivity (Wildman–Crippen MR) is 112 cm³/mol. The molecule has 5 rings (SSSR count). The highest BCUT2D eigenvalue weighted by molar-refractivity contribution is 7.18. The Bertz CT molecular complexity index is 1220. The molecule has 1 aromatic carbocycles. The van der Waals surface area contributed by atoms with Gasteiger partial charge in [0, 0.05) is 5.56 Å². The van der Waals surface area contributed by atoms with Gasteiger partial charge < -0.3 is 14.0 Å². The number of pyridine rings is 1. The van der Waals surface area contributed by atoms with E-state index in [1.54, 1.807) is 11.3 Å². The normalized spacial score (nSPS) is 14.9. The van der Waals surface area contributed by atoms with Crippen LogP contribution in [0.15, 0.2) is 46.4 Å². The van der Waals surface area contributed by atoms with Crippen molar-refractivity contribution in [3.63, 3.8) is 0 Å². The summed E-state index contributed by atoms with van der Waals surface area (Å²) in [5.41, 5.74) is 1.52. The summed E-state index contributed by atoms with van der Waals surface area (Å²) in [6.07, 6.45) is 5.13. The molecule has 0 aliphatic heterocycles. The molecule has 1 atom stereocenters. The summed E-state index contributed by atoms with van der Waals surface area (Å²) < 4.78 is 26.8. The van der Waals surface area contributed by atoms with Crippen molar-refractivity contribution in [3.05, 3.63) is 64.8 Å². The molecule has 0 radical (unpaired) electrons. The Hall–Kier alpha value is -3.40. The van der Waals surface area contributed by atoms with Gasteiger partial charge in [-0.15, -0.1) is 21.5 Å². The maximum Gasteiger partial charge on any atom is 0.263 e. The molecule has 0 spiro atoms. The molecule has 0 amide bonds. The molecular weight excluding hydrogens is 421 g/mol. The number of aryl methyl sites for hydroxylation is 1. The third-order valence-corrected chi connectivity index (χ3v) is 5.70. The van der Waals surface area contributed by atoms with E-state index in [1.807, 2.05) is 25.1 Å². The summed E-state index contributed by atoms with van der Waals surface area (Å²) in [4.78, 5) is 13.9. The molecule has 8 nitrogen and oxygen atoms in total. The van der Waals surface area contributed by atoms with Crippen molar-refractivity contribution in [2.75, 3.05) is 6.61 Å². The zero-order valence-electron chi connectivity index (χ0n) is 16.6. The van der Waals surface area contributed by atoms with Crippen LogP contribution in [0.4, 0.5) is 4.39 Å². The molecule has 1 aliphatic carbocycles. The lowest BCUT2D eigenvalue weighted by Gasteiger charge is -2.16. The minimum absolute atomic E-state index is 0.201. The average Bonchev–Trinajstić information content (AvgIpc) is 3.27. The van der Waals surface area contributed by atoms with Gasteiger partial charge in [0.25, 0.3) is 5.89 Å². The minimum Gasteiger partial charge on any atom is -0.474 e. The molecular formula is C21H18FN5O3S. The first-order chi connectivity index (χ1) is 15.2. The smallest absolute Gasteiger partial charge is 0.263 e. The number of nitrogens with zero attached hydrogens (tertiary/aromatic N) is 5. The van der Waals surface area contributed by atoms with E-state index in [-0.39, 0.29) is 11.5 Å². The predicted octanol–water partition coefficient (Wildman–Crippen LogP) is 4.45. The molecule has 3 aromatic heterocycles. The quantitative estimate of drug-likeness (QED) is 0.296. The van der Waals surface area contributed by atoms with E-state index in [2.05, 4.69) is 25.3 Å². The zero-order valence-corrected chi connectivity index (χ0v) is 17.4. The molecule has 1 unspecified atom stereocenters. The van der Waals surface area contributed by atoms with Gasteiger partial charge in [-0.2, -0.15) is 0 Å². The first-order valence-electron chi connectivity index (χ1n) is 9.76. The van der Waals surface area contributed by atoms with E-state index in [0.717, 1.165) is 34.3 Å². The van der Waals surface area contributed by atoms with Gasteiger partial charge in [-0.1, -0.05) is 5.16 Å².